The van der Waals surface area contributed by atoms with Gasteiger partial charge in [-0.2, -0.15) is 0 Å². The fourth-order valence-corrected chi connectivity index (χ4v) is 3.12. The van der Waals surface area contributed by atoms with Gasteiger partial charge in [-0.15, -0.1) is 0 Å². The summed E-state index contributed by atoms with van der Waals surface area (Å²) in [5, 5.41) is 4.00. The summed E-state index contributed by atoms with van der Waals surface area (Å²) in [6.07, 6.45) is 4.56. The highest BCUT2D eigenvalue weighted by molar-refractivity contribution is 5.90. The molecule has 3 rings (SSSR count). The van der Waals surface area contributed by atoms with Crippen LogP contribution in [0.4, 0.5) is 14.6 Å². The smallest absolute Gasteiger partial charge is 0.154 e. The molecule has 1 aromatic heterocycles. The Hall–Kier alpha value is -2.86. The number of halogens is 2. The Morgan fingerprint density at radius 2 is 1.66 bits per heavy atom. The summed E-state index contributed by atoms with van der Waals surface area (Å²) in [6.45, 7) is 8.08. The van der Waals surface area contributed by atoms with Crippen molar-refractivity contribution in [2.45, 2.75) is 20.3 Å². The van der Waals surface area contributed by atoms with Crippen LogP contribution in [0, 0.1) is 11.6 Å². The number of nitrogens with one attached hydrogen (secondary N) is 1. The first-order valence-electron chi connectivity index (χ1n) is 9.96. The minimum absolute atomic E-state index is 0.276. The number of aromatic nitrogens is 2. The molecule has 29 heavy (non-hydrogen) atoms. The molecule has 4 nitrogen and oxygen atoms in total. The lowest BCUT2D eigenvalue weighted by molar-refractivity contribution is 0.303. The second-order valence-corrected chi connectivity index (χ2v) is 6.78. The number of hydrogen-bond acceptors (Lipinski definition) is 4. The van der Waals surface area contributed by atoms with Crippen LogP contribution in [-0.2, 0) is 0 Å². The van der Waals surface area contributed by atoms with Gasteiger partial charge in [-0.1, -0.05) is 32.1 Å². The van der Waals surface area contributed by atoms with Crippen LogP contribution in [-0.4, -0.2) is 41.0 Å². The second kappa shape index (κ2) is 10.1. The molecule has 1 N–H and O–H groups in total. The molecule has 0 radical (unpaired) electrons. The van der Waals surface area contributed by atoms with Gasteiger partial charge in [0, 0.05) is 11.9 Å². The van der Waals surface area contributed by atoms with E-state index in [1.54, 1.807) is 24.3 Å². The van der Waals surface area contributed by atoms with Gasteiger partial charge in [0.15, 0.2) is 5.82 Å². The standard InChI is InChI=1S/C23H26F2N4/c1-3-29(4-2)15-5-14-26-23-20-16-19(25)11-12-21(20)27-22(28-23)13-8-17-6-9-18(24)10-7-17/h6-13,16H,3-5,14-15H2,1-2H3,(H,26,27,28)/b13-8+. The molecular formula is C23H26F2N4. The molecule has 0 amide bonds. The molecule has 0 atom stereocenters. The minimum Gasteiger partial charge on any atom is -0.369 e. The average Bonchev–Trinajstić information content (AvgIpc) is 2.73. The molecule has 0 fully saturated rings. The number of anilines is 1. The Labute approximate surface area is 170 Å². The molecule has 0 spiro atoms. The Bertz CT molecular complexity index is 967. The Kier molecular flexibility index (Phi) is 7.25. The van der Waals surface area contributed by atoms with Crippen molar-refractivity contribution in [2.75, 3.05) is 31.5 Å². The van der Waals surface area contributed by atoms with Gasteiger partial charge in [0.25, 0.3) is 0 Å². The highest BCUT2D eigenvalue weighted by Crippen LogP contribution is 2.22. The Balaban J connectivity index is 1.80. The van der Waals surface area contributed by atoms with E-state index in [-0.39, 0.29) is 11.6 Å². The van der Waals surface area contributed by atoms with Crippen molar-refractivity contribution >= 4 is 28.9 Å². The first kappa shape index (κ1) is 20.9. The highest BCUT2D eigenvalue weighted by Gasteiger charge is 2.08. The molecule has 0 aliphatic heterocycles. The number of benzene rings is 2. The summed E-state index contributed by atoms with van der Waals surface area (Å²) in [7, 11) is 0. The van der Waals surface area contributed by atoms with Gasteiger partial charge in [0.2, 0.25) is 0 Å². The third kappa shape index (κ3) is 5.81. The predicted octanol–water partition coefficient (Wildman–Crippen LogP) is 5.22. The lowest BCUT2D eigenvalue weighted by Crippen LogP contribution is -2.25. The molecular weight excluding hydrogens is 370 g/mol. The van der Waals surface area contributed by atoms with Gasteiger partial charge in [-0.25, -0.2) is 18.7 Å². The highest BCUT2D eigenvalue weighted by atomic mass is 19.1. The number of nitrogens with zero attached hydrogens (tertiary/aromatic N) is 3. The maximum absolute atomic E-state index is 13.8. The molecule has 2 aromatic carbocycles. The van der Waals surface area contributed by atoms with E-state index < -0.39 is 0 Å². The van der Waals surface area contributed by atoms with E-state index in [0.717, 1.165) is 38.2 Å². The molecule has 3 aromatic rings. The maximum Gasteiger partial charge on any atom is 0.154 e. The number of fused-ring (bicyclic) bond motifs is 1. The van der Waals surface area contributed by atoms with E-state index in [4.69, 9.17) is 0 Å². The predicted molar refractivity (Wildman–Crippen MR) is 116 cm³/mol. The Morgan fingerprint density at radius 1 is 0.931 bits per heavy atom. The topological polar surface area (TPSA) is 41.0 Å². The van der Waals surface area contributed by atoms with Crippen LogP contribution < -0.4 is 5.32 Å². The van der Waals surface area contributed by atoms with Crippen molar-refractivity contribution < 1.29 is 8.78 Å². The van der Waals surface area contributed by atoms with Crippen molar-refractivity contribution in [2.24, 2.45) is 0 Å². The fourth-order valence-electron chi connectivity index (χ4n) is 3.12. The lowest BCUT2D eigenvalue weighted by atomic mass is 10.2. The summed E-state index contributed by atoms with van der Waals surface area (Å²) in [4.78, 5) is 11.4. The van der Waals surface area contributed by atoms with Crippen LogP contribution in [0.3, 0.4) is 0 Å². The first-order chi connectivity index (χ1) is 14.1. The number of hydrogen-bond donors (Lipinski definition) is 1. The van der Waals surface area contributed by atoms with Gasteiger partial charge in [-0.3, -0.25) is 0 Å². The van der Waals surface area contributed by atoms with Gasteiger partial charge in [0.05, 0.1) is 5.52 Å². The van der Waals surface area contributed by atoms with Crippen molar-refractivity contribution in [1.82, 2.24) is 14.9 Å². The van der Waals surface area contributed by atoms with Crippen LogP contribution >= 0.6 is 0 Å². The van der Waals surface area contributed by atoms with Crippen molar-refractivity contribution in [3.8, 4) is 0 Å². The van der Waals surface area contributed by atoms with Gasteiger partial charge in [0.1, 0.15) is 17.5 Å². The molecule has 152 valence electrons. The molecule has 0 aliphatic rings. The summed E-state index contributed by atoms with van der Waals surface area (Å²) in [5.41, 5.74) is 1.52. The quantitative estimate of drug-likeness (QED) is 0.503. The monoisotopic (exact) mass is 396 g/mol. The fraction of sp³-hybridized carbons (Fsp3) is 0.304. The molecule has 1 heterocycles. The molecule has 0 unspecified atom stereocenters. The van der Waals surface area contributed by atoms with Crippen molar-refractivity contribution in [1.29, 1.82) is 0 Å². The average molecular weight is 396 g/mol. The van der Waals surface area contributed by atoms with E-state index >= 15 is 0 Å². The van der Waals surface area contributed by atoms with E-state index in [2.05, 4.69) is 34.0 Å². The minimum atomic E-state index is -0.318. The zero-order chi connectivity index (χ0) is 20.6. The van der Waals surface area contributed by atoms with Crippen LogP contribution in [0.15, 0.2) is 42.5 Å². The lowest BCUT2D eigenvalue weighted by Gasteiger charge is -2.18. The molecule has 6 heteroatoms. The van der Waals surface area contributed by atoms with E-state index in [1.165, 1.54) is 24.3 Å². The largest absolute Gasteiger partial charge is 0.369 e. The maximum atomic E-state index is 13.8. The number of rotatable bonds is 9. The SMILES string of the molecule is CCN(CC)CCCNc1nc(/C=C/c2ccc(F)cc2)nc2ccc(F)cc12. The summed E-state index contributed by atoms with van der Waals surface area (Å²) in [5.74, 6) is 0.539. The molecule has 0 saturated heterocycles. The van der Waals surface area contributed by atoms with Crippen LogP contribution in [0.2, 0.25) is 0 Å². The van der Waals surface area contributed by atoms with Crippen LogP contribution in [0.1, 0.15) is 31.7 Å². The van der Waals surface area contributed by atoms with Crippen LogP contribution in [0.5, 0.6) is 0 Å². The summed E-state index contributed by atoms with van der Waals surface area (Å²) >= 11 is 0. The summed E-state index contributed by atoms with van der Waals surface area (Å²) < 4.78 is 26.8. The van der Waals surface area contributed by atoms with Gasteiger partial charge in [-0.05, 0) is 68.0 Å². The van der Waals surface area contributed by atoms with Crippen LogP contribution in [0.25, 0.3) is 23.1 Å². The normalized spacial score (nSPS) is 11.6. The van der Waals surface area contributed by atoms with Crippen molar-refractivity contribution in [3.05, 3.63) is 65.5 Å². The van der Waals surface area contributed by atoms with Gasteiger partial charge < -0.3 is 10.2 Å². The summed E-state index contributed by atoms with van der Waals surface area (Å²) in [6, 6.07) is 10.7. The molecule has 0 bridgehead atoms. The Morgan fingerprint density at radius 3 is 2.38 bits per heavy atom. The van der Waals surface area contributed by atoms with Crippen molar-refractivity contribution in [3.63, 3.8) is 0 Å². The van der Waals surface area contributed by atoms with E-state index in [9.17, 15) is 8.78 Å². The zero-order valence-corrected chi connectivity index (χ0v) is 16.8. The van der Waals surface area contributed by atoms with E-state index in [1.807, 2.05) is 6.08 Å². The first-order valence-corrected chi connectivity index (χ1v) is 9.96. The molecule has 0 saturated carbocycles. The third-order valence-electron chi connectivity index (χ3n) is 4.81. The van der Waals surface area contributed by atoms with E-state index in [0.29, 0.717) is 22.5 Å². The van der Waals surface area contributed by atoms with Gasteiger partial charge >= 0.3 is 0 Å². The zero-order valence-electron chi connectivity index (χ0n) is 16.8. The molecule has 0 aliphatic carbocycles. The second-order valence-electron chi connectivity index (χ2n) is 6.78. The third-order valence-corrected chi connectivity index (χ3v) is 4.81.